The van der Waals surface area contributed by atoms with E-state index in [1.165, 1.54) is 26.4 Å². The first kappa shape index (κ1) is 14.1. The van der Waals surface area contributed by atoms with Crippen LogP contribution in [0.4, 0.5) is 0 Å². The molecule has 0 aliphatic heterocycles. The van der Waals surface area contributed by atoms with Crippen LogP contribution in [0.3, 0.4) is 0 Å². The Hall–Kier alpha value is -1.32. The largest absolute Gasteiger partial charge is 0.483 e. The Balaban J connectivity index is 2.28. The van der Waals surface area contributed by atoms with Crippen LogP contribution in [0.2, 0.25) is 0 Å². The molecule has 0 radical (unpaired) electrons. The molecule has 1 aromatic carbocycles. The zero-order valence-electron chi connectivity index (χ0n) is 12.0. The SMILES string of the molecule is Cc1cc(C)c(C)c(OC(CN)c2ccc(C)s2)c1. The second-order valence-electron chi connectivity index (χ2n) is 5.00. The summed E-state index contributed by atoms with van der Waals surface area (Å²) in [6.07, 6.45) is -0.0569. The van der Waals surface area contributed by atoms with Crippen LogP contribution >= 0.6 is 11.3 Å². The maximum Gasteiger partial charge on any atom is 0.145 e. The van der Waals surface area contributed by atoms with Crippen molar-refractivity contribution in [2.24, 2.45) is 5.73 Å². The minimum Gasteiger partial charge on any atom is -0.483 e. The van der Waals surface area contributed by atoms with Crippen molar-refractivity contribution in [1.29, 1.82) is 0 Å². The predicted octanol–water partition coefficient (Wildman–Crippen LogP) is 4.06. The first-order chi connectivity index (χ1) is 9.01. The molecule has 1 heterocycles. The molecule has 0 amide bonds. The Bertz CT molecular complexity index is 574. The molecular weight excluding hydrogens is 254 g/mol. The van der Waals surface area contributed by atoms with Crippen LogP contribution in [0, 0.1) is 27.7 Å². The highest BCUT2D eigenvalue weighted by Gasteiger charge is 2.15. The van der Waals surface area contributed by atoms with E-state index in [1.807, 2.05) is 0 Å². The van der Waals surface area contributed by atoms with E-state index in [0.717, 1.165) is 5.75 Å². The summed E-state index contributed by atoms with van der Waals surface area (Å²) in [5, 5.41) is 0. The lowest BCUT2D eigenvalue weighted by atomic mass is 10.1. The van der Waals surface area contributed by atoms with Crippen molar-refractivity contribution in [3.8, 4) is 5.75 Å². The lowest BCUT2D eigenvalue weighted by molar-refractivity contribution is 0.216. The number of aryl methyl sites for hydroxylation is 3. The van der Waals surface area contributed by atoms with Gasteiger partial charge in [0.1, 0.15) is 11.9 Å². The monoisotopic (exact) mass is 275 g/mol. The molecule has 2 rings (SSSR count). The van der Waals surface area contributed by atoms with Gasteiger partial charge < -0.3 is 10.5 Å². The highest BCUT2D eigenvalue weighted by Crippen LogP contribution is 2.30. The maximum atomic E-state index is 6.14. The van der Waals surface area contributed by atoms with E-state index in [0.29, 0.717) is 6.54 Å². The van der Waals surface area contributed by atoms with Gasteiger partial charge in [0, 0.05) is 16.3 Å². The summed E-state index contributed by atoms with van der Waals surface area (Å²) in [5.74, 6) is 0.944. The normalized spacial score (nSPS) is 12.5. The van der Waals surface area contributed by atoms with Crippen LogP contribution in [0.1, 0.15) is 32.5 Å². The molecule has 0 bridgehead atoms. The van der Waals surface area contributed by atoms with Crippen LogP contribution in [-0.2, 0) is 0 Å². The van der Waals surface area contributed by atoms with Gasteiger partial charge in [-0.05, 0) is 62.6 Å². The zero-order valence-corrected chi connectivity index (χ0v) is 12.8. The molecule has 2 nitrogen and oxygen atoms in total. The third-order valence-electron chi connectivity index (χ3n) is 3.33. The molecular formula is C16H21NOS. The van der Waals surface area contributed by atoms with E-state index < -0.39 is 0 Å². The number of ether oxygens (including phenoxy) is 1. The van der Waals surface area contributed by atoms with Crippen LogP contribution in [-0.4, -0.2) is 6.54 Å². The smallest absolute Gasteiger partial charge is 0.145 e. The molecule has 0 spiro atoms. The fourth-order valence-electron chi connectivity index (χ4n) is 2.13. The number of hydrogen-bond acceptors (Lipinski definition) is 3. The molecule has 2 aromatic rings. The number of nitrogens with two attached hydrogens (primary N) is 1. The molecule has 19 heavy (non-hydrogen) atoms. The molecule has 3 heteroatoms. The average molecular weight is 275 g/mol. The second kappa shape index (κ2) is 5.76. The van der Waals surface area contributed by atoms with Gasteiger partial charge in [0.2, 0.25) is 0 Å². The Labute approximate surface area is 119 Å². The molecule has 0 aliphatic carbocycles. The highest BCUT2D eigenvalue weighted by atomic mass is 32.1. The molecule has 0 saturated heterocycles. The molecule has 1 atom stereocenters. The van der Waals surface area contributed by atoms with Crippen molar-refractivity contribution in [1.82, 2.24) is 0 Å². The molecule has 0 saturated carbocycles. The highest BCUT2D eigenvalue weighted by molar-refractivity contribution is 7.12. The Kier molecular flexibility index (Phi) is 4.27. The first-order valence-corrected chi connectivity index (χ1v) is 7.34. The Morgan fingerprint density at radius 2 is 1.89 bits per heavy atom. The minimum atomic E-state index is -0.0569. The second-order valence-corrected chi connectivity index (χ2v) is 6.32. The molecule has 1 aromatic heterocycles. The Morgan fingerprint density at radius 1 is 1.16 bits per heavy atom. The van der Waals surface area contributed by atoms with E-state index in [2.05, 4.69) is 52.0 Å². The van der Waals surface area contributed by atoms with Crippen molar-refractivity contribution in [2.45, 2.75) is 33.8 Å². The summed E-state index contributed by atoms with van der Waals surface area (Å²) in [4.78, 5) is 2.48. The fraction of sp³-hybridized carbons (Fsp3) is 0.375. The fourth-order valence-corrected chi connectivity index (χ4v) is 3.05. The molecule has 1 unspecified atom stereocenters. The lowest BCUT2D eigenvalue weighted by Crippen LogP contribution is -2.18. The Morgan fingerprint density at radius 3 is 2.47 bits per heavy atom. The number of hydrogen-bond donors (Lipinski definition) is 1. The zero-order chi connectivity index (χ0) is 14.0. The van der Waals surface area contributed by atoms with E-state index in [1.54, 1.807) is 11.3 Å². The van der Waals surface area contributed by atoms with Crippen molar-refractivity contribution >= 4 is 11.3 Å². The van der Waals surface area contributed by atoms with Gasteiger partial charge >= 0.3 is 0 Å². The molecule has 2 N–H and O–H groups in total. The quantitative estimate of drug-likeness (QED) is 0.913. The molecule has 0 aliphatic rings. The summed E-state index contributed by atoms with van der Waals surface area (Å²) in [6.45, 7) is 8.89. The van der Waals surface area contributed by atoms with E-state index in [4.69, 9.17) is 10.5 Å². The van der Waals surface area contributed by atoms with Gasteiger partial charge in [-0.2, -0.15) is 0 Å². The van der Waals surface area contributed by atoms with Crippen molar-refractivity contribution in [2.75, 3.05) is 6.54 Å². The van der Waals surface area contributed by atoms with Gasteiger partial charge in [0.15, 0.2) is 0 Å². The first-order valence-electron chi connectivity index (χ1n) is 6.52. The number of rotatable bonds is 4. The van der Waals surface area contributed by atoms with Crippen LogP contribution < -0.4 is 10.5 Å². The van der Waals surface area contributed by atoms with Crippen molar-refractivity contribution in [3.63, 3.8) is 0 Å². The third kappa shape index (κ3) is 3.17. The van der Waals surface area contributed by atoms with E-state index in [-0.39, 0.29) is 6.10 Å². The van der Waals surface area contributed by atoms with Crippen LogP contribution in [0.5, 0.6) is 5.75 Å². The molecule has 102 valence electrons. The van der Waals surface area contributed by atoms with Crippen molar-refractivity contribution < 1.29 is 4.74 Å². The lowest BCUT2D eigenvalue weighted by Gasteiger charge is -2.19. The minimum absolute atomic E-state index is 0.0569. The number of thiophene rings is 1. The predicted molar refractivity (Wildman–Crippen MR) is 82.1 cm³/mol. The summed E-state index contributed by atoms with van der Waals surface area (Å²) in [7, 11) is 0. The van der Waals surface area contributed by atoms with Gasteiger partial charge in [0.25, 0.3) is 0 Å². The summed E-state index contributed by atoms with van der Waals surface area (Å²) in [6, 6.07) is 8.48. The third-order valence-corrected chi connectivity index (χ3v) is 4.42. The van der Waals surface area contributed by atoms with Crippen molar-refractivity contribution in [3.05, 3.63) is 50.7 Å². The van der Waals surface area contributed by atoms with Gasteiger partial charge in [-0.15, -0.1) is 11.3 Å². The average Bonchev–Trinajstić information content (AvgIpc) is 2.78. The summed E-state index contributed by atoms with van der Waals surface area (Å²) < 4.78 is 6.14. The molecule has 0 fully saturated rings. The maximum absolute atomic E-state index is 6.14. The topological polar surface area (TPSA) is 35.2 Å². The van der Waals surface area contributed by atoms with Gasteiger partial charge in [-0.3, -0.25) is 0 Å². The standard InChI is InChI=1S/C16H21NOS/c1-10-7-11(2)13(4)14(8-10)18-15(9-17)16-6-5-12(3)19-16/h5-8,15H,9,17H2,1-4H3. The summed E-state index contributed by atoms with van der Waals surface area (Å²) >= 11 is 1.75. The van der Waals surface area contributed by atoms with E-state index >= 15 is 0 Å². The van der Waals surface area contributed by atoms with Crippen LogP contribution in [0.25, 0.3) is 0 Å². The summed E-state index contributed by atoms with van der Waals surface area (Å²) in [5.41, 5.74) is 9.54. The van der Waals surface area contributed by atoms with Gasteiger partial charge in [-0.25, -0.2) is 0 Å². The van der Waals surface area contributed by atoms with E-state index in [9.17, 15) is 0 Å². The van der Waals surface area contributed by atoms with Crippen LogP contribution in [0.15, 0.2) is 24.3 Å². The van der Waals surface area contributed by atoms with Gasteiger partial charge in [0.05, 0.1) is 0 Å². The number of benzene rings is 1. The van der Waals surface area contributed by atoms with Gasteiger partial charge in [-0.1, -0.05) is 6.07 Å².